The molecule has 3 N–H and O–H groups in total. The predicted molar refractivity (Wildman–Crippen MR) is 72.7 cm³/mol. The molecule has 0 aliphatic carbocycles. The van der Waals surface area contributed by atoms with Crippen LogP contribution in [0.1, 0.15) is 40.5 Å². The molecule has 0 aromatic carbocycles. The molecule has 0 saturated carbocycles. The van der Waals surface area contributed by atoms with Crippen molar-refractivity contribution in [3.63, 3.8) is 0 Å². The Balaban J connectivity index is 3.62. The fourth-order valence-corrected chi connectivity index (χ4v) is 1.91. The van der Waals surface area contributed by atoms with E-state index in [4.69, 9.17) is 5.73 Å². The van der Waals surface area contributed by atoms with Gasteiger partial charge in [0.1, 0.15) is 0 Å². The molecule has 0 saturated heterocycles. The maximum Gasteiger partial charge on any atom is 0.230 e. The second-order valence-electron chi connectivity index (χ2n) is 4.80. The molecule has 4 heteroatoms. The molecule has 0 radical (unpaired) electrons. The minimum atomic E-state index is 0.126. The highest BCUT2D eigenvalue weighted by atomic mass is 32.2. The molecule has 0 fully saturated rings. The lowest BCUT2D eigenvalue weighted by atomic mass is 10.0. The number of nitrogens with one attached hydrogen (secondary N) is 1. The van der Waals surface area contributed by atoms with Crippen molar-refractivity contribution in [2.24, 2.45) is 11.7 Å². The van der Waals surface area contributed by atoms with Gasteiger partial charge in [0.2, 0.25) is 5.91 Å². The summed E-state index contributed by atoms with van der Waals surface area (Å²) in [7, 11) is 0. The minimum absolute atomic E-state index is 0.126. The zero-order chi connectivity index (χ0) is 12.6. The van der Waals surface area contributed by atoms with Crippen molar-refractivity contribution in [1.29, 1.82) is 0 Å². The van der Waals surface area contributed by atoms with Gasteiger partial charge < -0.3 is 11.1 Å². The molecule has 96 valence electrons. The topological polar surface area (TPSA) is 55.1 Å². The van der Waals surface area contributed by atoms with E-state index < -0.39 is 0 Å². The van der Waals surface area contributed by atoms with Gasteiger partial charge in [0.25, 0.3) is 0 Å². The maximum atomic E-state index is 11.5. The van der Waals surface area contributed by atoms with Crippen LogP contribution in [0.2, 0.25) is 0 Å². The molecule has 2 atom stereocenters. The van der Waals surface area contributed by atoms with Crippen LogP contribution in [0.5, 0.6) is 0 Å². The molecule has 1 amide bonds. The first-order valence-corrected chi connectivity index (χ1v) is 7.11. The van der Waals surface area contributed by atoms with Crippen molar-refractivity contribution < 1.29 is 4.79 Å². The number of rotatable bonds is 8. The van der Waals surface area contributed by atoms with E-state index in [0.717, 1.165) is 12.8 Å². The largest absolute Gasteiger partial charge is 0.353 e. The summed E-state index contributed by atoms with van der Waals surface area (Å²) >= 11 is 1.61. The summed E-state index contributed by atoms with van der Waals surface area (Å²) in [5.41, 5.74) is 5.49. The summed E-state index contributed by atoms with van der Waals surface area (Å²) in [6, 6.07) is 0.281. The summed E-state index contributed by atoms with van der Waals surface area (Å²) in [5, 5.41) is 3.37. The Kier molecular flexibility index (Phi) is 8.76. The van der Waals surface area contributed by atoms with Gasteiger partial charge in [-0.1, -0.05) is 20.8 Å². The Morgan fingerprint density at radius 2 is 1.88 bits per heavy atom. The van der Waals surface area contributed by atoms with Gasteiger partial charge in [-0.15, -0.1) is 11.8 Å². The van der Waals surface area contributed by atoms with E-state index in [1.54, 1.807) is 11.8 Å². The highest BCUT2D eigenvalue weighted by molar-refractivity contribution is 8.00. The molecule has 0 aliphatic heterocycles. The zero-order valence-electron chi connectivity index (χ0n) is 11.0. The lowest BCUT2D eigenvalue weighted by molar-refractivity contribution is -0.119. The van der Waals surface area contributed by atoms with Gasteiger partial charge in [-0.05, 0) is 25.7 Å². The van der Waals surface area contributed by atoms with Crippen LogP contribution in [-0.4, -0.2) is 29.5 Å². The summed E-state index contributed by atoms with van der Waals surface area (Å²) in [6.07, 6.45) is 2.22. The second kappa shape index (κ2) is 8.88. The van der Waals surface area contributed by atoms with Gasteiger partial charge in [0.05, 0.1) is 5.75 Å². The van der Waals surface area contributed by atoms with Crippen LogP contribution in [0.4, 0.5) is 0 Å². The molecule has 0 aromatic rings. The lowest BCUT2D eigenvalue weighted by Crippen LogP contribution is -2.34. The highest BCUT2D eigenvalue weighted by Crippen LogP contribution is 2.09. The van der Waals surface area contributed by atoms with E-state index in [0.29, 0.717) is 23.5 Å². The Labute approximate surface area is 104 Å². The number of nitrogens with two attached hydrogens (primary N) is 1. The Bertz CT molecular complexity index is 197. The van der Waals surface area contributed by atoms with E-state index in [9.17, 15) is 4.79 Å². The van der Waals surface area contributed by atoms with E-state index in [1.807, 2.05) is 6.92 Å². The number of hydrogen-bond donors (Lipinski definition) is 2. The average molecular weight is 246 g/mol. The number of carbonyl (C=O) groups excluding carboxylic acids is 1. The molecule has 0 aromatic heterocycles. The third kappa shape index (κ3) is 9.04. The summed E-state index contributed by atoms with van der Waals surface area (Å²) in [6.45, 7) is 9.14. The fraction of sp³-hybridized carbons (Fsp3) is 0.917. The van der Waals surface area contributed by atoms with Gasteiger partial charge in [-0.2, -0.15) is 0 Å². The molecule has 3 nitrogen and oxygen atoms in total. The van der Waals surface area contributed by atoms with Crippen molar-refractivity contribution in [2.45, 2.75) is 51.8 Å². The van der Waals surface area contributed by atoms with Crippen molar-refractivity contribution >= 4 is 17.7 Å². The average Bonchev–Trinajstić information content (AvgIpc) is 2.23. The Hall–Kier alpha value is -0.220. The van der Waals surface area contributed by atoms with Gasteiger partial charge in [0, 0.05) is 17.8 Å². The first kappa shape index (κ1) is 15.8. The maximum absolute atomic E-state index is 11.5. The van der Waals surface area contributed by atoms with Crippen molar-refractivity contribution in [2.75, 3.05) is 12.3 Å². The van der Waals surface area contributed by atoms with Gasteiger partial charge in [-0.25, -0.2) is 0 Å². The number of hydrogen-bond acceptors (Lipinski definition) is 3. The quantitative estimate of drug-likeness (QED) is 0.689. The molecule has 16 heavy (non-hydrogen) atoms. The first-order chi connectivity index (χ1) is 7.45. The van der Waals surface area contributed by atoms with Crippen LogP contribution in [0, 0.1) is 5.92 Å². The molecule has 2 unspecified atom stereocenters. The van der Waals surface area contributed by atoms with Crippen LogP contribution < -0.4 is 11.1 Å². The van der Waals surface area contributed by atoms with E-state index in [-0.39, 0.29) is 11.9 Å². The van der Waals surface area contributed by atoms with Crippen LogP contribution in [0.3, 0.4) is 0 Å². The van der Waals surface area contributed by atoms with Gasteiger partial charge in [0.15, 0.2) is 0 Å². The van der Waals surface area contributed by atoms with Crippen molar-refractivity contribution in [1.82, 2.24) is 5.32 Å². The summed E-state index contributed by atoms with van der Waals surface area (Å²) in [4.78, 5) is 11.5. The number of carbonyl (C=O) groups is 1. The Morgan fingerprint density at radius 1 is 1.25 bits per heavy atom. The SMILES string of the molecule is CC(C)CCC(C)NC(=O)CSC(C)CN. The third-order valence-electron chi connectivity index (χ3n) is 2.42. The minimum Gasteiger partial charge on any atom is -0.353 e. The third-order valence-corrected chi connectivity index (χ3v) is 3.61. The molecule has 0 rings (SSSR count). The van der Waals surface area contributed by atoms with Gasteiger partial charge in [-0.3, -0.25) is 4.79 Å². The van der Waals surface area contributed by atoms with E-state index in [2.05, 4.69) is 26.1 Å². The lowest BCUT2D eigenvalue weighted by Gasteiger charge is -2.15. The predicted octanol–water partition coefficient (Wildman–Crippen LogP) is 2.01. The molecule has 0 bridgehead atoms. The number of thioether (sulfide) groups is 1. The monoisotopic (exact) mass is 246 g/mol. The summed E-state index contributed by atoms with van der Waals surface area (Å²) in [5.74, 6) is 1.34. The highest BCUT2D eigenvalue weighted by Gasteiger charge is 2.09. The second-order valence-corrected chi connectivity index (χ2v) is 6.22. The van der Waals surface area contributed by atoms with Crippen LogP contribution in [0.25, 0.3) is 0 Å². The van der Waals surface area contributed by atoms with E-state index in [1.165, 1.54) is 0 Å². The normalized spacial score (nSPS) is 14.9. The van der Waals surface area contributed by atoms with Crippen LogP contribution in [0.15, 0.2) is 0 Å². The van der Waals surface area contributed by atoms with Crippen LogP contribution in [-0.2, 0) is 4.79 Å². The molecule has 0 heterocycles. The molecule has 0 spiro atoms. The van der Waals surface area contributed by atoms with Crippen molar-refractivity contribution in [3.8, 4) is 0 Å². The Morgan fingerprint density at radius 3 is 2.38 bits per heavy atom. The van der Waals surface area contributed by atoms with E-state index >= 15 is 0 Å². The molecular weight excluding hydrogens is 220 g/mol. The smallest absolute Gasteiger partial charge is 0.230 e. The zero-order valence-corrected chi connectivity index (χ0v) is 11.8. The molecule has 0 aliphatic rings. The molecular formula is C12H26N2OS. The fourth-order valence-electron chi connectivity index (χ4n) is 1.26. The van der Waals surface area contributed by atoms with Gasteiger partial charge >= 0.3 is 0 Å². The van der Waals surface area contributed by atoms with Crippen LogP contribution >= 0.6 is 11.8 Å². The standard InChI is InChI=1S/C12H26N2OS/c1-9(2)5-6-10(3)14-12(15)8-16-11(4)7-13/h9-11H,5-8,13H2,1-4H3,(H,14,15). The van der Waals surface area contributed by atoms with Crippen molar-refractivity contribution in [3.05, 3.63) is 0 Å². The first-order valence-electron chi connectivity index (χ1n) is 6.06. The summed E-state index contributed by atoms with van der Waals surface area (Å²) < 4.78 is 0. The number of amides is 1.